The Morgan fingerprint density at radius 1 is 1.32 bits per heavy atom. The molecular weight excluding hydrogens is 236 g/mol. The number of Topliss-reactive ketones (excluding diaryl/α,β-unsaturated/α-hetero) is 1. The number of ketones is 1. The van der Waals surface area contributed by atoms with Crippen LogP contribution < -0.4 is 0 Å². The summed E-state index contributed by atoms with van der Waals surface area (Å²) in [5, 5.41) is 0. The molecule has 0 aliphatic heterocycles. The lowest BCUT2D eigenvalue weighted by molar-refractivity contribution is 0.0888. The van der Waals surface area contributed by atoms with Crippen LogP contribution in [0.25, 0.3) is 0 Å². The number of aryl methyl sites for hydroxylation is 1. The van der Waals surface area contributed by atoms with Crippen LogP contribution >= 0.6 is 0 Å². The SMILES string of the molecule is CCN(CC(=O)c1cccc(C)c1)C(C)CN(C)C. The third-order valence-electron chi connectivity index (χ3n) is 3.35. The Kier molecular flexibility index (Phi) is 6.19. The van der Waals surface area contributed by atoms with Crippen molar-refractivity contribution in [2.75, 3.05) is 33.7 Å². The average Bonchev–Trinajstić information content (AvgIpc) is 2.34. The number of hydrogen-bond acceptors (Lipinski definition) is 3. The first kappa shape index (κ1) is 15.9. The number of likely N-dealkylation sites (N-methyl/N-ethyl adjacent to an activating group) is 2. The molecular formula is C16H26N2O. The van der Waals surface area contributed by atoms with E-state index in [9.17, 15) is 4.79 Å². The lowest BCUT2D eigenvalue weighted by atomic mass is 10.1. The van der Waals surface area contributed by atoms with Crippen molar-refractivity contribution in [1.29, 1.82) is 0 Å². The molecule has 1 aromatic carbocycles. The van der Waals surface area contributed by atoms with Gasteiger partial charge in [0.2, 0.25) is 0 Å². The maximum Gasteiger partial charge on any atom is 0.176 e. The molecule has 0 amide bonds. The van der Waals surface area contributed by atoms with Gasteiger partial charge >= 0.3 is 0 Å². The molecule has 1 unspecified atom stereocenters. The molecule has 106 valence electrons. The van der Waals surface area contributed by atoms with E-state index in [4.69, 9.17) is 0 Å². The highest BCUT2D eigenvalue weighted by Gasteiger charge is 2.17. The van der Waals surface area contributed by atoms with E-state index in [0.717, 1.165) is 24.2 Å². The monoisotopic (exact) mass is 262 g/mol. The van der Waals surface area contributed by atoms with Crippen LogP contribution in [0.15, 0.2) is 24.3 Å². The van der Waals surface area contributed by atoms with Crippen molar-refractivity contribution >= 4 is 5.78 Å². The summed E-state index contributed by atoms with van der Waals surface area (Å²) in [6, 6.07) is 8.21. The standard InChI is InChI=1S/C16H26N2O/c1-6-18(14(3)11-17(4)5)12-16(19)15-9-7-8-13(2)10-15/h7-10,14H,6,11-12H2,1-5H3. The van der Waals surface area contributed by atoms with Crippen LogP contribution in [-0.2, 0) is 0 Å². The molecule has 1 rings (SSSR count). The fourth-order valence-corrected chi connectivity index (χ4v) is 2.32. The van der Waals surface area contributed by atoms with Crippen molar-refractivity contribution in [1.82, 2.24) is 9.80 Å². The molecule has 0 aromatic heterocycles. The quantitative estimate of drug-likeness (QED) is 0.705. The molecule has 0 spiro atoms. The second-order valence-electron chi connectivity index (χ2n) is 5.47. The summed E-state index contributed by atoms with van der Waals surface area (Å²) >= 11 is 0. The van der Waals surface area contributed by atoms with Crippen molar-refractivity contribution in [3.8, 4) is 0 Å². The largest absolute Gasteiger partial charge is 0.308 e. The Labute approximate surface area is 117 Å². The highest BCUT2D eigenvalue weighted by Crippen LogP contribution is 2.08. The Hall–Kier alpha value is -1.19. The number of nitrogens with zero attached hydrogens (tertiary/aromatic N) is 2. The lowest BCUT2D eigenvalue weighted by Gasteiger charge is -2.29. The zero-order valence-corrected chi connectivity index (χ0v) is 12.8. The first-order chi connectivity index (χ1) is 8.93. The first-order valence-electron chi connectivity index (χ1n) is 6.92. The van der Waals surface area contributed by atoms with Gasteiger partial charge in [-0.1, -0.05) is 30.7 Å². The molecule has 0 heterocycles. The van der Waals surface area contributed by atoms with Crippen molar-refractivity contribution in [2.45, 2.75) is 26.8 Å². The van der Waals surface area contributed by atoms with E-state index < -0.39 is 0 Å². The number of hydrogen-bond donors (Lipinski definition) is 0. The smallest absolute Gasteiger partial charge is 0.176 e. The van der Waals surface area contributed by atoms with Gasteiger partial charge in [0.05, 0.1) is 6.54 Å². The van der Waals surface area contributed by atoms with Crippen LogP contribution in [0.5, 0.6) is 0 Å². The fourth-order valence-electron chi connectivity index (χ4n) is 2.32. The van der Waals surface area contributed by atoms with Crippen LogP contribution in [0.2, 0.25) is 0 Å². The minimum atomic E-state index is 0.205. The highest BCUT2D eigenvalue weighted by molar-refractivity contribution is 5.97. The second-order valence-corrected chi connectivity index (χ2v) is 5.47. The van der Waals surface area contributed by atoms with E-state index in [0.29, 0.717) is 12.6 Å². The van der Waals surface area contributed by atoms with Gasteiger partial charge < -0.3 is 4.90 Å². The van der Waals surface area contributed by atoms with Crippen LogP contribution in [0.1, 0.15) is 29.8 Å². The minimum Gasteiger partial charge on any atom is -0.308 e. The third kappa shape index (κ3) is 5.13. The second kappa shape index (κ2) is 7.41. The molecule has 1 aromatic rings. The van der Waals surface area contributed by atoms with Gasteiger partial charge in [0, 0.05) is 18.2 Å². The van der Waals surface area contributed by atoms with Gasteiger partial charge in [-0.05, 0) is 40.6 Å². The zero-order chi connectivity index (χ0) is 14.4. The Balaban J connectivity index is 2.68. The van der Waals surface area contributed by atoms with E-state index in [-0.39, 0.29) is 5.78 Å². The van der Waals surface area contributed by atoms with E-state index >= 15 is 0 Å². The molecule has 0 aliphatic rings. The molecule has 1 atom stereocenters. The maximum absolute atomic E-state index is 12.3. The van der Waals surface area contributed by atoms with Crippen LogP contribution in [0.3, 0.4) is 0 Å². The molecule has 0 aliphatic carbocycles. The Morgan fingerprint density at radius 3 is 2.53 bits per heavy atom. The van der Waals surface area contributed by atoms with E-state index in [2.05, 4.69) is 37.7 Å². The van der Waals surface area contributed by atoms with Gasteiger partial charge in [-0.2, -0.15) is 0 Å². The normalized spacial score (nSPS) is 13.0. The van der Waals surface area contributed by atoms with Crippen LogP contribution in [0, 0.1) is 6.92 Å². The summed E-state index contributed by atoms with van der Waals surface area (Å²) in [4.78, 5) is 16.7. The zero-order valence-electron chi connectivity index (χ0n) is 12.8. The lowest BCUT2D eigenvalue weighted by Crippen LogP contribution is -2.42. The Morgan fingerprint density at radius 2 is 2.00 bits per heavy atom. The maximum atomic E-state index is 12.3. The summed E-state index contributed by atoms with van der Waals surface area (Å²) in [5.41, 5.74) is 1.95. The van der Waals surface area contributed by atoms with Gasteiger partial charge in [0.15, 0.2) is 5.78 Å². The van der Waals surface area contributed by atoms with Crippen molar-refractivity contribution in [3.05, 3.63) is 35.4 Å². The van der Waals surface area contributed by atoms with Crippen LogP contribution in [0.4, 0.5) is 0 Å². The van der Waals surface area contributed by atoms with E-state index in [1.165, 1.54) is 0 Å². The molecule has 0 saturated carbocycles. The summed E-state index contributed by atoms with van der Waals surface area (Å²) in [6.07, 6.45) is 0. The molecule has 0 radical (unpaired) electrons. The van der Waals surface area contributed by atoms with E-state index in [1.54, 1.807) is 0 Å². The predicted molar refractivity (Wildman–Crippen MR) is 80.8 cm³/mol. The van der Waals surface area contributed by atoms with Crippen LogP contribution in [-0.4, -0.2) is 55.4 Å². The summed E-state index contributed by atoms with van der Waals surface area (Å²) < 4.78 is 0. The first-order valence-corrected chi connectivity index (χ1v) is 6.92. The average molecular weight is 262 g/mol. The number of benzene rings is 1. The molecule has 0 N–H and O–H groups in total. The van der Waals surface area contributed by atoms with Gasteiger partial charge in [0.25, 0.3) is 0 Å². The molecule has 3 heteroatoms. The number of rotatable bonds is 7. The summed E-state index contributed by atoms with van der Waals surface area (Å²) in [6.45, 7) is 8.65. The van der Waals surface area contributed by atoms with Crippen molar-refractivity contribution in [2.24, 2.45) is 0 Å². The molecule has 0 fully saturated rings. The number of carbonyl (C=O) groups excluding carboxylic acids is 1. The topological polar surface area (TPSA) is 23.6 Å². The highest BCUT2D eigenvalue weighted by atomic mass is 16.1. The van der Waals surface area contributed by atoms with Crippen molar-refractivity contribution in [3.63, 3.8) is 0 Å². The Bertz CT molecular complexity index is 415. The third-order valence-corrected chi connectivity index (χ3v) is 3.35. The van der Waals surface area contributed by atoms with E-state index in [1.807, 2.05) is 31.2 Å². The predicted octanol–water partition coefficient (Wildman–Crippen LogP) is 2.45. The molecule has 0 bridgehead atoms. The minimum absolute atomic E-state index is 0.205. The molecule has 19 heavy (non-hydrogen) atoms. The van der Waals surface area contributed by atoms with Crippen molar-refractivity contribution < 1.29 is 4.79 Å². The number of carbonyl (C=O) groups is 1. The summed E-state index contributed by atoms with van der Waals surface area (Å²) in [5.74, 6) is 0.205. The van der Waals surface area contributed by atoms with Gasteiger partial charge in [-0.15, -0.1) is 0 Å². The molecule has 3 nitrogen and oxygen atoms in total. The van der Waals surface area contributed by atoms with Gasteiger partial charge in [-0.25, -0.2) is 0 Å². The molecule has 0 saturated heterocycles. The fraction of sp³-hybridized carbons (Fsp3) is 0.562. The summed E-state index contributed by atoms with van der Waals surface area (Å²) in [7, 11) is 4.12. The van der Waals surface area contributed by atoms with Gasteiger partial charge in [0.1, 0.15) is 0 Å². The van der Waals surface area contributed by atoms with Gasteiger partial charge in [-0.3, -0.25) is 9.69 Å².